The lowest BCUT2D eigenvalue weighted by molar-refractivity contribution is -0.131. The van der Waals surface area contributed by atoms with E-state index in [1.807, 2.05) is 0 Å². The number of hydrogen-bond donors (Lipinski definition) is 4. The molecule has 0 saturated carbocycles. The molecule has 1 amide bonds. The molecule has 10 heavy (non-hydrogen) atoms. The van der Waals surface area contributed by atoms with Crippen molar-refractivity contribution in [3.05, 3.63) is 0 Å². The second kappa shape index (κ2) is 4.21. The van der Waals surface area contributed by atoms with Gasteiger partial charge in [0.1, 0.15) is 6.04 Å². The second-order valence-electron chi connectivity index (χ2n) is 2.10. The van der Waals surface area contributed by atoms with Gasteiger partial charge < -0.3 is 11.1 Å². The summed E-state index contributed by atoms with van der Waals surface area (Å²) in [5, 5.41) is 10.8. The molecule has 0 aliphatic heterocycles. The van der Waals surface area contributed by atoms with Crippen LogP contribution < -0.4 is 16.5 Å². The van der Waals surface area contributed by atoms with E-state index in [4.69, 9.17) is 10.9 Å². The first-order chi connectivity index (χ1) is 4.63. The van der Waals surface area contributed by atoms with Crippen LogP contribution in [0, 0.1) is 0 Å². The Hall–Kier alpha value is -0.650. The van der Waals surface area contributed by atoms with Gasteiger partial charge in [-0.25, -0.2) is 5.48 Å². The molecule has 0 saturated heterocycles. The monoisotopic (exact) mass is 147 g/mol. The molecule has 0 heterocycles. The van der Waals surface area contributed by atoms with Gasteiger partial charge in [0.2, 0.25) is 0 Å². The van der Waals surface area contributed by atoms with Crippen LogP contribution in [0.3, 0.4) is 0 Å². The fraction of sp³-hybridized carbons (Fsp3) is 0.800. The fourth-order valence-corrected chi connectivity index (χ4v) is 0.702. The maximum Gasteiger partial charge on any atom is 0.262 e. The van der Waals surface area contributed by atoms with Crippen molar-refractivity contribution in [2.45, 2.75) is 19.0 Å². The highest BCUT2D eigenvalue weighted by molar-refractivity contribution is 5.81. The Labute approximate surface area is 59.5 Å². The summed E-state index contributed by atoms with van der Waals surface area (Å²) in [5.41, 5.74) is 6.91. The van der Waals surface area contributed by atoms with Gasteiger partial charge in [0.05, 0.1) is 0 Å². The zero-order valence-electron chi connectivity index (χ0n) is 6.09. The molecule has 0 aromatic carbocycles. The largest absolute Gasteiger partial charge is 0.326 e. The van der Waals surface area contributed by atoms with Crippen LogP contribution in [0.1, 0.15) is 6.92 Å². The van der Waals surface area contributed by atoms with E-state index in [0.29, 0.717) is 0 Å². The lowest BCUT2D eigenvalue weighted by Gasteiger charge is -2.16. The third kappa shape index (κ3) is 2.30. The lowest BCUT2D eigenvalue weighted by atomic mass is 10.1. The summed E-state index contributed by atoms with van der Waals surface area (Å²) < 4.78 is 0. The molecule has 5 nitrogen and oxygen atoms in total. The van der Waals surface area contributed by atoms with Crippen molar-refractivity contribution in [1.82, 2.24) is 10.8 Å². The molecule has 5 heteroatoms. The van der Waals surface area contributed by atoms with Crippen LogP contribution in [0.4, 0.5) is 0 Å². The minimum Gasteiger partial charge on any atom is -0.326 e. The Kier molecular flexibility index (Phi) is 3.94. The van der Waals surface area contributed by atoms with Gasteiger partial charge in [-0.2, -0.15) is 0 Å². The van der Waals surface area contributed by atoms with Crippen molar-refractivity contribution < 1.29 is 10.0 Å². The van der Waals surface area contributed by atoms with E-state index in [1.165, 1.54) is 5.48 Å². The fourth-order valence-electron chi connectivity index (χ4n) is 0.702. The number of hydroxylamine groups is 1. The lowest BCUT2D eigenvalue weighted by Crippen LogP contribution is -2.51. The highest BCUT2D eigenvalue weighted by Crippen LogP contribution is 1.87. The first kappa shape index (κ1) is 9.35. The number of nitrogens with one attached hydrogen (secondary N) is 2. The molecule has 0 aromatic heterocycles. The smallest absolute Gasteiger partial charge is 0.262 e. The Morgan fingerprint density at radius 2 is 2.20 bits per heavy atom. The highest BCUT2D eigenvalue weighted by atomic mass is 16.5. The Bertz CT molecular complexity index is 115. The predicted octanol–water partition coefficient (Wildman–Crippen LogP) is -1.57. The van der Waals surface area contributed by atoms with Crippen LogP contribution in [0.2, 0.25) is 0 Å². The summed E-state index contributed by atoms with van der Waals surface area (Å²) in [6.45, 7) is 1.68. The molecule has 2 atom stereocenters. The molecular weight excluding hydrogens is 134 g/mol. The van der Waals surface area contributed by atoms with Crippen molar-refractivity contribution in [1.29, 1.82) is 0 Å². The average molecular weight is 147 g/mol. The maximum atomic E-state index is 10.7. The molecule has 0 bridgehead atoms. The minimum atomic E-state index is -0.537. The van der Waals surface area contributed by atoms with Gasteiger partial charge in [0.25, 0.3) is 5.91 Å². The van der Waals surface area contributed by atoms with Crippen molar-refractivity contribution >= 4 is 5.91 Å². The molecule has 0 fully saturated rings. The molecule has 0 aliphatic carbocycles. The summed E-state index contributed by atoms with van der Waals surface area (Å²) in [5.74, 6) is -0.516. The van der Waals surface area contributed by atoms with Crippen LogP contribution in [0.25, 0.3) is 0 Å². The Morgan fingerprint density at radius 1 is 1.70 bits per heavy atom. The average Bonchev–Trinajstić information content (AvgIpc) is 1.88. The SMILES string of the molecule is CNC(C(=O)NO)C(C)N. The van der Waals surface area contributed by atoms with E-state index in [1.54, 1.807) is 14.0 Å². The number of nitrogens with two attached hydrogens (primary N) is 1. The van der Waals surface area contributed by atoms with Gasteiger partial charge in [-0.15, -0.1) is 0 Å². The predicted molar refractivity (Wildman–Crippen MR) is 36.4 cm³/mol. The highest BCUT2D eigenvalue weighted by Gasteiger charge is 2.19. The van der Waals surface area contributed by atoms with Crippen LogP contribution in [-0.2, 0) is 4.79 Å². The molecule has 60 valence electrons. The van der Waals surface area contributed by atoms with Gasteiger partial charge in [-0.3, -0.25) is 10.0 Å². The standard InChI is InChI=1S/C5H13N3O2/c1-3(6)4(7-2)5(9)8-10/h3-4,7,10H,6H2,1-2H3,(H,8,9). The van der Waals surface area contributed by atoms with Crippen LogP contribution >= 0.6 is 0 Å². The van der Waals surface area contributed by atoms with E-state index in [0.717, 1.165) is 0 Å². The zero-order chi connectivity index (χ0) is 8.15. The number of hydrogen-bond acceptors (Lipinski definition) is 4. The summed E-state index contributed by atoms with van der Waals surface area (Å²) in [7, 11) is 1.60. The Balaban J connectivity index is 3.93. The van der Waals surface area contributed by atoms with Crippen molar-refractivity contribution in [2.75, 3.05) is 7.05 Å². The molecule has 0 spiro atoms. The van der Waals surface area contributed by atoms with Crippen LogP contribution in [-0.4, -0.2) is 30.2 Å². The molecule has 0 aromatic rings. The molecule has 0 aliphatic rings. The van der Waals surface area contributed by atoms with Gasteiger partial charge >= 0.3 is 0 Å². The van der Waals surface area contributed by atoms with Crippen molar-refractivity contribution in [2.24, 2.45) is 5.73 Å². The minimum absolute atomic E-state index is 0.322. The number of carbonyl (C=O) groups is 1. The van der Waals surface area contributed by atoms with Gasteiger partial charge in [-0.05, 0) is 14.0 Å². The van der Waals surface area contributed by atoms with E-state index in [2.05, 4.69) is 5.32 Å². The molecule has 0 rings (SSSR count). The number of amides is 1. The van der Waals surface area contributed by atoms with E-state index >= 15 is 0 Å². The van der Waals surface area contributed by atoms with Gasteiger partial charge in [-0.1, -0.05) is 0 Å². The Morgan fingerprint density at radius 3 is 2.30 bits per heavy atom. The van der Waals surface area contributed by atoms with Crippen molar-refractivity contribution in [3.8, 4) is 0 Å². The number of rotatable bonds is 3. The van der Waals surface area contributed by atoms with Gasteiger partial charge in [0.15, 0.2) is 0 Å². The normalized spacial score (nSPS) is 16.0. The van der Waals surface area contributed by atoms with E-state index in [-0.39, 0.29) is 6.04 Å². The first-order valence-corrected chi connectivity index (χ1v) is 3.00. The van der Waals surface area contributed by atoms with E-state index < -0.39 is 11.9 Å². The summed E-state index contributed by atoms with van der Waals surface area (Å²) in [6.07, 6.45) is 0. The number of likely N-dealkylation sites (N-methyl/N-ethyl adjacent to an activating group) is 1. The topological polar surface area (TPSA) is 87.4 Å². The van der Waals surface area contributed by atoms with Crippen molar-refractivity contribution in [3.63, 3.8) is 0 Å². The first-order valence-electron chi connectivity index (χ1n) is 3.00. The summed E-state index contributed by atoms with van der Waals surface area (Å²) in [4.78, 5) is 10.7. The van der Waals surface area contributed by atoms with E-state index in [9.17, 15) is 4.79 Å². The summed E-state index contributed by atoms with van der Waals surface area (Å²) in [6, 6.07) is -0.859. The zero-order valence-corrected chi connectivity index (χ0v) is 6.09. The van der Waals surface area contributed by atoms with Crippen LogP contribution in [0.15, 0.2) is 0 Å². The van der Waals surface area contributed by atoms with Gasteiger partial charge in [0, 0.05) is 6.04 Å². The quantitative estimate of drug-likeness (QED) is 0.287. The summed E-state index contributed by atoms with van der Waals surface area (Å²) >= 11 is 0. The molecule has 5 N–H and O–H groups in total. The number of carbonyl (C=O) groups excluding carboxylic acids is 1. The molecule has 2 unspecified atom stereocenters. The second-order valence-corrected chi connectivity index (χ2v) is 2.10. The third-order valence-electron chi connectivity index (χ3n) is 1.23. The third-order valence-corrected chi connectivity index (χ3v) is 1.23. The maximum absolute atomic E-state index is 10.7. The molecule has 0 radical (unpaired) electrons. The van der Waals surface area contributed by atoms with Crippen LogP contribution in [0.5, 0.6) is 0 Å². The molecular formula is C5H13N3O2.